The molecule has 98 valence electrons. The molecule has 0 saturated heterocycles. The van der Waals surface area contributed by atoms with Gasteiger partial charge in [0.05, 0.1) is 5.57 Å². The van der Waals surface area contributed by atoms with Crippen molar-refractivity contribution in [2.24, 2.45) is 0 Å². The van der Waals surface area contributed by atoms with Crippen molar-refractivity contribution in [2.75, 3.05) is 19.6 Å². The van der Waals surface area contributed by atoms with Crippen LogP contribution in [-0.4, -0.2) is 40.7 Å². The second-order valence-electron chi connectivity index (χ2n) is 4.95. The maximum atomic E-state index is 11.0. The Hall–Kier alpha value is -2.07. The molecule has 0 aromatic heterocycles. The molecule has 3 rings (SSSR count). The Balaban J connectivity index is 1.69. The fourth-order valence-corrected chi connectivity index (χ4v) is 2.61. The molecule has 0 radical (unpaired) electrons. The van der Waals surface area contributed by atoms with E-state index in [2.05, 4.69) is 23.1 Å². The molecule has 1 heterocycles. The second-order valence-corrected chi connectivity index (χ2v) is 4.95. The summed E-state index contributed by atoms with van der Waals surface area (Å²) in [4.78, 5) is 13.1. The van der Waals surface area contributed by atoms with Gasteiger partial charge in [-0.15, -0.1) is 0 Å². The molecule has 4 heteroatoms. The van der Waals surface area contributed by atoms with Crippen LogP contribution in [0.15, 0.2) is 35.6 Å². The molecule has 1 aromatic rings. The number of aliphatic hydroxyl groups excluding tert-OH is 1. The van der Waals surface area contributed by atoms with Gasteiger partial charge in [-0.1, -0.05) is 24.3 Å². The number of aliphatic carboxylic acids is 1. The number of hydrogen-bond donors (Lipinski definition) is 2. The number of aliphatic hydroxyl groups is 1. The van der Waals surface area contributed by atoms with Crippen molar-refractivity contribution in [1.29, 1.82) is 0 Å². The zero-order valence-electron chi connectivity index (χ0n) is 10.5. The van der Waals surface area contributed by atoms with Gasteiger partial charge in [0.15, 0.2) is 0 Å². The van der Waals surface area contributed by atoms with Gasteiger partial charge < -0.3 is 10.2 Å². The molecule has 19 heavy (non-hydrogen) atoms. The largest absolute Gasteiger partial charge is 0.512 e. The standard InChI is InChI=1S/C15H15NO3/c17-14-5-6-16(9-13(14)15(18)19)8-11-7-10-3-1-2-4-12(10)11/h1-4,7,17H,5-6,8-9H2,(H,18,19). The van der Waals surface area contributed by atoms with Gasteiger partial charge in [-0.25, -0.2) is 4.79 Å². The third-order valence-corrected chi connectivity index (χ3v) is 3.68. The van der Waals surface area contributed by atoms with Gasteiger partial charge in [-0.2, -0.15) is 0 Å². The van der Waals surface area contributed by atoms with E-state index < -0.39 is 5.97 Å². The number of nitrogens with zero attached hydrogens (tertiary/aromatic N) is 1. The first-order valence-corrected chi connectivity index (χ1v) is 6.32. The minimum Gasteiger partial charge on any atom is -0.512 e. The first-order valence-electron chi connectivity index (χ1n) is 6.32. The van der Waals surface area contributed by atoms with E-state index in [-0.39, 0.29) is 11.3 Å². The van der Waals surface area contributed by atoms with Crippen LogP contribution in [-0.2, 0) is 4.79 Å². The number of rotatable bonds is 3. The first-order chi connectivity index (χ1) is 9.15. The third kappa shape index (κ3) is 2.15. The van der Waals surface area contributed by atoms with Crippen LogP contribution in [0.3, 0.4) is 0 Å². The number of carboxylic acid groups (broad SMARTS) is 1. The lowest BCUT2D eigenvalue weighted by atomic mass is 9.88. The number of benzene rings is 1. The summed E-state index contributed by atoms with van der Waals surface area (Å²) in [6.07, 6.45) is 2.55. The normalized spacial score (nSPS) is 18.6. The molecule has 1 aliphatic heterocycles. The summed E-state index contributed by atoms with van der Waals surface area (Å²) in [6, 6.07) is 8.18. The van der Waals surface area contributed by atoms with Crippen molar-refractivity contribution in [3.8, 4) is 0 Å². The van der Waals surface area contributed by atoms with Crippen molar-refractivity contribution in [2.45, 2.75) is 6.42 Å². The zero-order valence-corrected chi connectivity index (χ0v) is 10.5. The molecule has 1 aliphatic carbocycles. The number of fused-ring (bicyclic) bond motifs is 1. The maximum absolute atomic E-state index is 11.0. The van der Waals surface area contributed by atoms with E-state index in [9.17, 15) is 9.90 Å². The molecule has 4 nitrogen and oxygen atoms in total. The summed E-state index contributed by atoms with van der Waals surface area (Å²) in [5.74, 6) is -1.00. The Bertz CT molecular complexity index is 601. The van der Waals surface area contributed by atoms with Crippen LogP contribution in [0.5, 0.6) is 0 Å². The summed E-state index contributed by atoms with van der Waals surface area (Å²) in [7, 11) is 0. The lowest BCUT2D eigenvalue weighted by Gasteiger charge is -2.30. The fourth-order valence-electron chi connectivity index (χ4n) is 2.61. The summed E-state index contributed by atoms with van der Waals surface area (Å²) in [6.45, 7) is 1.74. The van der Waals surface area contributed by atoms with Crippen LogP contribution in [0.4, 0.5) is 0 Å². The summed E-state index contributed by atoms with van der Waals surface area (Å²) >= 11 is 0. The monoisotopic (exact) mass is 257 g/mol. The summed E-state index contributed by atoms with van der Waals surface area (Å²) in [5, 5.41) is 18.6. The molecular formula is C15H15NO3. The van der Waals surface area contributed by atoms with Crippen LogP contribution in [0.2, 0.25) is 0 Å². The van der Waals surface area contributed by atoms with E-state index in [4.69, 9.17) is 5.11 Å². The van der Waals surface area contributed by atoms with E-state index in [1.165, 1.54) is 16.7 Å². The molecule has 2 N–H and O–H groups in total. The van der Waals surface area contributed by atoms with E-state index in [0.29, 0.717) is 19.5 Å². The summed E-state index contributed by atoms with van der Waals surface area (Å²) in [5.41, 5.74) is 3.85. The number of carbonyl (C=O) groups is 1. The molecule has 1 aromatic carbocycles. The predicted molar refractivity (Wildman–Crippen MR) is 72.7 cm³/mol. The SMILES string of the molecule is O=C(O)C1=C(O)CCN(CC2=Cc3ccccc32)C1. The van der Waals surface area contributed by atoms with Gasteiger partial charge in [0, 0.05) is 26.1 Å². The van der Waals surface area contributed by atoms with Gasteiger partial charge in [0.1, 0.15) is 5.76 Å². The molecule has 0 spiro atoms. The first kappa shape index (κ1) is 12.0. The van der Waals surface area contributed by atoms with E-state index in [1.807, 2.05) is 12.1 Å². The van der Waals surface area contributed by atoms with Crippen LogP contribution in [0, 0.1) is 0 Å². The number of carboxylic acids is 1. The highest BCUT2D eigenvalue weighted by Crippen LogP contribution is 2.33. The Morgan fingerprint density at radius 3 is 2.84 bits per heavy atom. The minimum atomic E-state index is -1.02. The van der Waals surface area contributed by atoms with Gasteiger partial charge in [0.25, 0.3) is 0 Å². The van der Waals surface area contributed by atoms with E-state index in [1.54, 1.807) is 0 Å². The lowest BCUT2D eigenvalue weighted by molar-refractivity contribution is -0.133. The zero-order chi connectivity index (χ0) is 13.4. The number of hydrogen-bond acceptors (Lipinski definition) is 3. The molecule has 0 amide bonds. The van der Waals surface area contributed by atoms with Crippen LogP contribution >= 0.6 is 0 Å². The van der Waals surface area contributed by atoms with Gasteiger partial charge in [-0.05, 0) is 22.8 Å². The lowest BCUT2D eigenvalue weighted by Crippen LogP contribution is -2.35. The smallest absolute Gasteiger partial charge is 0.336 e. The average Bonchev–Trinajstić information content (AvgIpc) is 2.37. The van der Waals surface area contributed by atoms with Gasteiger partial charge >= 0.3 is 5.97 Å². The quantitative estimate of drug-likeness (QED) is 0.871. The Morgan fingerprint density at radius 2 is 2.11 bits per heavy atom. The Labute approximate surface area is 111 Å². The highest BCUT2D eigenvalue weighted by atomic mass is 16.4. The highest BCUT2D eigenvalue weighted by molar-refractivity contribution is 5.96. The molecule has 0 bridgehead atoms. The topological polar surface area (TPSA) is 60.8 Å². The van der Waals surface area contributed by atoms with Crippen molar-refractivity contribution < 1.29 is 15.0 Å². The molecular weight excluding hydrogens is 242 g/mol. The minimum absolute atomic E-state index is 0.0201. The van der Waals surface area contributed by atoms with Crippen LogP contribution < -0.4 is 0 Å². The molecule has 0 fully saturated rings. The second kappa shape index (κ2) is 4.55. The van der Waals surface area contributed by atoms with Crippen molar-refractivity contribution in [1.82, 2.24) is 4.90 Å². The van der Waals surface area contributed by atoms with E-state index >= 15 is 0 Å². The van der Waals surface area contributed by atoms with Gasteiger partial charge in [0.2, 0.25) is 0 Å². The Morgan fingerprint density at radius 1 is 1.32 bits per heavy atom. The summed E-state index contributed by atoms with van der Waals surface area (Å²) < 4.78 is 0. The van der Waals surface area contributed by atoms with Crippen LogP contribution in [0.25, 0.3) is 11.6 Å². The van der Waals surface area contributed by atoms with Crippen LogP contribution in [0.1, 0.15) is 17.5 Å². The average molecular weight is 257 g/mol. The molecule has 0 atom stereocenters. The molecule has 0 unspecified atom stereocenters. The molecule has 0 saturated carbocycles. The van der Waals surface area contributed by atoms with Crippen molar-refractivity contribution in [3.05, 3.63) is 46.7 Å². The Kier molecular flexibility index (Phi) is 2.87. The fraction of sp³-hybridized carbons (Fsp3) is 0.267. The predicted octanol–water partition coefficient (Wildman–Crippen LogP) is 2.14. The van der Waals surface area contributed by atoms with Gasteiger partial charge in [-0.3, -0.25) is 4.90 Å². The highest BCUT2D eigenvalue weighted by Gasteiger charge is 2.25. The van der Waals surface area contributed by atoms with Crippen molar-refractivity contribution in [3.63, 3.8) is 0 Å². The molecule has 2 aliphatic rings. The maximum Gasteiger partial charge on any atom is 0.336 e. The third-order valence-electron chi connectivity index (χ3n) is 3.68. The van der Waals surface area contributed by atoms with E-state index in [0.717, 1.165) is 6.54 Å². The van der Waals surface area contributed by atoms with Crippen molar-refractivity contribution >= 4 is 17.6 Å².